The van der Waals surface area contributed by atoms with E-state index in [2.05, 4.69) is 17.1 Å². The van der Waals surface area contributed by atoms with Crippen LogP contribution in [0.15, 0.2) is 47.4 Å². The number of amides is 2. The number of fused-ring (bicyclic) bond motifs is 3. The zero-order valence-electron chi connectivity index (χ0n) is 17.6. The van der Waals surface area contributed by atoms with Crippen LogP contribution in [0.1, 0.15) is 41.9 Å². The minimum atomic E-state index is -0.384. The minimum Gasteiger partial charge on any atom is -0.491 e. The number of carbonyl (C=O) groups excluding carboxylic acids is 2. The molecule has 2 aliphatic heterocycles. The van der Waals surface area contributed by atoms with Gasteiger partial charge < -0.3 is 14.5 Å². The van der Waals surface area contributed by atoms with E-state index >= 15 is 0 Å². The Balaban J connectivity index is 1.94. The molecule has 4 rings (SSSR count). The van der Waals surface area contributed by atoms with Crippen LogP contribution < -0.4 is 15.2 Å². The van der Waals surface area contributed by atoms with E-state index in [1.165, 1.54) is 20.1 Å². The van der Waals surface area contributed by atoms with Crippen molar-refractivity contribution < 1.29 is 14.3 Å². The van der Waals surface area contributed by atoms with Crippen molar-refractivity contribution in [1.29, 1.82) is 0 Å². The number of hydrogen-bond donors (Lipinski definition) is 0. The SMILES string of the molecule is COc1c2n(ccc1=O)N1[C@H](c3ccccc3)CC[C@H](N(C)C(C)=O)[C@H]1N(C)C2=O. The van der Waals surface area contributed by atoms with Crippen molar-refractivity contribution >= 4 is 11.8 Å². The summed E-state index contributed by atoms with van der Waals surface area (Å²) >= 11 is 0. The van der Waals surface area contributed by atoms with Crippen LogP contribution in [-0.2, 0) is 4.79 Å². The number of piperidine rings is 1. The van der Waals surface area contributed by atoms with Crippen LogP contribution in [0.5, 0.6) is 5.75 Å². The number of rotatable bonds is 3. The Labute approximate surface area is 175 Å². The lowest BCUT2D eigenvalue weighted by molar-refractivity contribution is -0.131. The second kappa shape index (κ2) is 7.51. The number of pyridine rings is 1. The van der Waals surface area contributed by atoms with Gasteiger partial charge in [0.05, 0.1) is 19.2 Å². The highest BCUT2D eigenvalue weighted by Gasteiger charge is 2.49. The summed E-state index contributed by atoms with van der Waals surface area (Å²) in [7, 11) is 4.89. The summed E-state index contributed by atoms with van der Waals surface area (Å²) in [6.07, 6.45) is 2.79. The molecule has 1 fully saturated rings. The maximum atomic E-state index is 13.3. The van der Waals surface area contributed by atoms with E-state index in [0.717, 1.165) is 18.4 Å². The molecule has 0 spiro atoms. The molecule has 2 amide bonds. The highest BCUT2D eigenvalue weighted by Crippen LogP contribution is 2.39. The molecular weight excluding hydrogens is 384 g/mol. The summed E-state index contributed by atoms with van der Waals surface area (Å²) < 4.78 is 7.06. The molecule has 1 aromatic heterocycles. The predicted molar refractivity (Wildman–Crippen MR) is 112 cm³/mol. The van der Waals surface area contributed by atoms with E-state index in [-0.39, 0.29) is 46.9 Å². The van der Waals surface area contributed by atoms with Crippen molar-refractivity contribution in [2.45, 2.75) is 38.0 Å². The van der Waals surface area contributed by atoms with Gasteiger partial charge in [0, 0.05) is 33.3 Å². The number of ether oxygens (including phenoxy) is 1. The molecule has 0 bridgehead atoms. The molecule has 2 aromatic rings. The standard InChI is InChI=1S/C22H26N4O4/c1-14(27)23(2)17-11-10-16(15-8-6-5-7-9-15)26-21(17)24(3)22(29)19-20(30-4)18(28)12-13-25(19)26/h5-9,12-13,16-17,21H,10-11H2,1-4H3/t16-,17-,21-/m0/s1. The fraction of sp³-hybridized carbons (Fsp3) is 0.409. The van der Waals surface area contributed by atoms with E-state index in [1.807, 2.05) is 18.2 Å². The Kier molecular flexibility index (Phi) is 5.01. The average molecular weight is 410 g/mol. The number of carbonyl (C=O) groups is 2. The number of nitrogens with zero attached hydrogens (tertiary/aromatic N) is 4. The van der Waals surface area contributed by atoms with Gasteiger partial charge in [0.15, 0.2) is 11.4 Å². The molecule has 2 aliphatic rings. The first-order chi connectivity index (χ1) is 14.4. The molecule has 0 unspecified atom stereocenters. The first-order valence-electron chi connectivity index (χ1n) is 10.0. The summed E-state index contributed by atoms with van der Waals surface area (Å²) in [6, 6.07) is 11.3. The monoisotopic (exact) mass is 410 g/mol. The van der Waals surface area contributed by atoms with Gasteiger partial charge in [-0.05, 0) is 18.4 Å². The molecule has 158 valence electrons. The van der Waals surface area contributed by atoms with Gasteiger partial charge in [0.2, 0.25) is 11.3 Å². The molecule has 8 nitrogen and oxygen atoms in total. The summed E-state index contributed by atoms with van der Waals surface area (Å²) in [6.45, 7) is 1.53. The summed E-state index contributed by atoms with van der Waals surface area (Å²) in [5.41, 5.74) is 0.975. The molecule has 30 heavy (non-hydrogen) atoms. The van der Waals surface area contributed by atoms with Crippen molar-refractivity contribution in [2.75, 3.05) is 26.2 Å². The van der Waals surface area contributed by atoms with E-state index in [9.17, 15) is 14.4 Å². The molecule has 0 saturated carbocycles. The molecule has 0 N–H and O–H groups in total. The Hall–Kier alpha value is -3.29. The highest BCUT2D eigenvalue weighted by molar-refractivity contribution is 5.96. The third-order valence-corrected chi connectivity index (χ3v) is 6.26. The Morgan fingerprint density at radius 3 is 2.47 bits per heavy atom. The van der Waals surface area contributed by atoms with Crippen molar-refractivity contribution in [3.8, 4) is 5.75 Å². The third kappa shape index (κ3) is 2.94. The maximum Gasteiger partial charge on any atom is 0.277 e. The lowest BCUT2D eigenvalue weighted by atomic mass is 9.89. The van der Waals surface area contributed by atoms with Crippen molar-refractivity contribution in [1.82, 2.24) is 14.5 Å². The average Bonchev–Trinajstić information content (AvgIpc) is 2.76. The second-order valence-corrected chi connectivity index (χ2v) is 7.82. The van der Waals surface area contributed by atoms with Gasteiger partial charge in [-0.3, -0.25) is 24.1 Å². The van der Waals surface area contributed by atoms with E-state index in [1.54, 1.807) is 34.8 Å². The highest BCUT2D eigenvalue weighted by atomic mass is 16.5. The van der Waals surface area contributed by atoms with Crippen LogP contribution in [0.25, 0.3) is 0 Å². The molecular formula is C22H26N4O4. The quantitative estimate of drug-likeness (QED) is 0.768. The predicted octanol–water partition coefficient (Wildman–Crippen LogP) is 1.59. The van der Waals surface area contributed by atoms with Crippen molar-refractivity contribution in [2.24, 2.45) is 0 Å². The van der Waals surface area contributed by atoms with Crippen LogP contribution in [0.2, 0.25) is 0 Å². The van der Waals surface area contributed by atoms with Gasteiger partial charge in [-0.2, -0.15) is 0 Å². The number of aromatic nitrogens is 1. The third-order valence-electron chi connectivity index (χ3n) is 6.26. The lowest BCUT2D eigenvalue weighted by Gasteiger charge is -2.55. The number of benzene rings is 1. The largest absolute Gasteiger partial charge is 0.491 e. The number of likely N-dealkylation sites (N-methyl/N-ethyl adjacent to an activating group) is 2. The molecule has 3 atom stereocenters. The Bertz CT molecular complexity index is 1040. The fourth-order valence-corrected chi connectivity index (χ4v) is 4.69. The van der Waals surface area contributed by atoms with Crippen molar-refractivity contribution in [3.63, 3.8) is 0 Å². The van der Waals surface area contributed by atoms with Crippen LogP contribution in [0.4, 0.5) is 0 Å². The van der Waals surface area contributed by atoms with E-state index in [0.29, 0.717) is 0 Å². The normalized spacial score (nSPS) is 22.9. The van der Waals surface area contributed by atoms with Crippen LogP contribution >= 0.6 is 0 Å². The van der Waals surface area contributed by atoms with Gasteiger partial charge in [0.25, 0.3) is 5.91 Å². The van der Waals surface area contributed by atoms with Gasteiger partial charge in [-0.1, -0.05) is 30.3 Å². The van der Waals surface area contributed by atoms with Crippen LogP contribution in [0, 0.1) is 0 Å². The summed E-state index contributed by atoms with van der Waals surface area (Å²) in [4.78, 5) is 41.2. The van der Waals surface area contributed by atoms with Gasteiger partial charge in [-0.25, -0.2) is 0 Å². The Morgan fingerprint density at radius 1 is 1.13 bits per heavy atom. The zero-order valence-corrected chi connectivity index (χ0v) is 17.6. The lowest BCUT2D eigenvalue weighted by Crippen LogP contribution is -2.70. The summed E-state index contributed by atoms with van der Waals surface area (Å²) in [5, 5.41) is 2.10. The zero-order chi connectivity index (χ0) is 21.6. The molecule has 0 radical (unpaired) electrons. The number of hydrogen-bond acceptors (Lipinski definition) is 5. The number of methoxy groups -OCH3 is 1. The van der Waals surface area contributed by atoms with E-state index < -0.39 is 0 Å². The van der Waals surface area contributed by atoms with Crippen LogP contribution in [-0.4, -0.2) is 59.7 Å². The smallest absolute Gasteiger partial charge is 0.277 e. The molecule has 1 saturated heterocycles. The minimum absolute atomic E-state index is 0.0293. The first-order valence-corrected chi connectivity index (χ1v) is 10.0. The summed E-state index contributed by atoms with van der Waals surface area (Å²) in [5.74, 6) is -0.328. The van der Waals surface area contributed by atoms with Crippen LogP contribution in [0.3, 0.4) is 0 Å². The first kappa shape index (κ1) is 20.0. The second-order valence-electron chi connectivity index (χ2n) is 7.82. The van der Waals surface area contributed by atoms with Gasteiger partial charge in [-0.15, -0.1) is 0 Å². The Morgan fingerprint density at radius 2 is 1.83 bits per heavy atom. The molecule has 3 heterocycles. The van der Waals surface area contributed by atoms with Crippen molar-refractivity contribution in [3.05, 3.63) is 64.1 Å². The molecule has 1 aromatic carbocycles. The van der Waals surface area contributed by atoms with Gasteiger partial charge >= 0.3 is 0 Å². The molecule has 8 heteroatoms. The van der Waals surface area contributed by atoms with E-state index in [4.69, 9.17) is 4.74 Å². The molecule has 0 aliphatic carbocycles. The van der Waals surface area contributed by atoms with Gasteiger partial charge in [0.1, 0.15) is 6.17 Å². The fourth-order valence-electron chi connectivity index (χ4n) is 4.69. The maximum absolute atomic E-state index is 13.3. The topological polar surface area (TPSA) is 75.1 Å².